The zero-order valence-electron chi connectivity index (χ0n) is 13.5. The molecule has 4 rings (SSSR count). The van der Waals surface area contributed by atoms with E-state index in [-0.39, 0.29) is 18.2 Å². The first-order chi connectivity index (χ1) is 12.2. The normalized spacial score (nSPS) is 22.3. The van der Waals surface area contributed by atoms with Gasteiger partial charge in [0.25, 0.3) is 0 Å². The lowest BCUT2D eigenvalue weighted by Crippen LogP contribution is -2.43. The van der Waals surface area contributed by atoms with Crippen molar-refractivity contribution in [3.05, 3.63) is 69.9 Å². The van der Waals surface area contributed by atoms with Gasteiger partial charge in [-0.05, 0) is 18.2 Å². The monoisotopic (exact) mass is 376 g/mol. The standard InChI is InChI=1S/C18H17ClN2O3S/c1-23-13-8-4-2-6-11(13)10-21-18-15(24-18)16(17(22)20-21)25-14-9-5-3-7-12(14)19/h2-9,15,18,20,22H,10H2,1H3. The Labute approximate surface area is 155 Å². The summed E-state index contributed by atoms with van der Waals surface area (Å²) < 4.78 is 11.2. The van der Waals surface area contributed by atoms with E-state index in [0.29, 0.717) is 11.6 Å². The second kappa shape index (κ2) is 6.80. The van der Waals surface area contributed by atoms with Crippen LogP contribution >= 0.6 is 23.4 Å². The topological polar surface area (TPSA) is 57.3 Å². The van der Waals surface area contributed by atoms with Crippen LogP contribution in [0.5, 0.6) is 5.75 Å². The van der Waals surface area contributed by atoms with Crippen molar-refractivity contribution in [3.8, 4) is 5.75 Å². The Morgan fingerprint density at radius 2 is 2.00 bits per heavy atom. The number of hydrogen-bond acceptors (Lipinski definition) is 6. The minimum atomic E-state index is -0.155. The van der Waals surface area contributed by atoms with E-state index in [9.17, 15) is 5.11 Å². The molecule has 2 heterocycles. The highest BCUT2D eigenvalue weighted by Gasteiger charge is 2.52. The van der Waals surface area contributed by atoms with Gasteiger partial charge in [-0.2, -0.15) is 5.01 Å². The molecule has 0 aliphatic carbocycles. The molecule has 1 fully saturated rings. The maximum atomic E-state index is 10.4. The van der Waals surface area contributed by atoms with Gasteiger partial charge in [-0.1, -0.05) is 53.7 Å². The minimum absolute atomic E-state index is 0.0959. The average molecular weight is 377 g/mol. The molecule has 25 heavy (non-hydrogen) atoms. The Balaban J connectivity index is 1.52. The molecule has 2 aliphatic rings. The minimum Gasteiger partial charge on any atom is -0.496 e. The number of para-hydroxylation sites is 1. The van der Waals surface area contributed by atoms with Gasteiger partial charge in [0, 0.05) is 17.0 Å². The number of halogens is 1. The van der Waals surface area contributed by atoms with E-state index in [0.717, 1.165) is 21.1 Å². The smallest absolute Gasteiger partial charge is 0.212 e. The number of fused-ring (bicyclic) bond motifs is 1. The van der Waals surface area contributed by atoms with Crippen molar-refractivity contribution in [2.45, 2.75) is 23.8 Å². The van der Waals surface area contributed by atoms with E-state index in [2.05, 4.69) is 5.43 Å². The lowest BCUT2D eigenvalue weighted by atomic mass is 10.2. The number of hydrogen-bond donors (Lipinski definition) is 2. The molecule has 0 radical (unpaired) electrons. The molecule has 5 nitrogen and oxygen atoms in total. The molecule has 1 saturated heterocycles. The van der Waals surface area contributed by atoms with E-state index in [1.807, 2.05) is 53.5 Å². The summed E-state index contributed by atoms with van der Waals surface area (Å²) in [5, 5.41) is 13.0. The average Bonchev–Trinajstić information content (AvgIpc) is 3.41. The molecular weight excluding hydrogens is 360 g/mol. The highest BCUT2D eigenvalue weighted by atomic mass is 35.5. The maximum absolute atomic E-state index is 10.4. The van der Waals surface area contributed by atoms with Gasteiger partial charge in [0.1, 0.15) is 11.9 Å². The molecule has 2 atom stereocenters. The predicted octanol–water partition coefficient (Wildman–Crippen LogP) is 3.91. The summed E-state index contributed by atoms with van der Waals surface area (Å²) in [4.78, 5) is 1.63. The molecule has 0 aromatic heterocycles. The molecule has 0 saturated carbocycles. The van der Waals surface area contributed by atoms with Gasteiger partial charge < -0.3 is 14.6 Å². The van der Waals surface area contributed by atoms with E-state index < -0.39 is 0 Å². The number of aliphatic hydroxyl groups is 1. The first kappa shape index (κ1) is 16.6. The summed E-state index contributed by atoms with van der Waals surface area (Å²) in [6, 6.07) is 15.3. The number of benzene rings is 2. The summed E-state index contributed by atoms with van der Waals surface area (Å²) >= 11 is 7.64. The molecule has 130 valence electrons. The fraction of sp³-hybridized carbons (Fsp3) is 0.222. The van der Waals surface area contributed by atoms with Crippen molar-refractivity contribution in [1.82, 2.24) is 10.4 Å². The van der Waals surface area contributed by atoms with Crippen LogP contribution in [0.2, 0.25) is 5.02 Å². The zero-order valence-corrected chi connectivity index (χ0v) is 15.1. The molecule has 0 bridgehead atoms. The Hall–Kier alpha value is -1.86. The SMILES string of the molecule is COc1ccccc1CN1NC(O)=C(Sc2ccccc2Cl)C2OC21. The third kappa shape index (κ3) is 3.30. The quantitative estimate of drug-likeness (QED) is 0.771. The molecule has 2 aromatic carbocycles. The lowest BCUT2D eigenvalue weighted by Gasteiger charge is -2.27. The number of hydrazine groups is 1. The van der Waals surface area contributed by atoms with Gasteiger partial charge in [-0.15, -0.1) is 0 Å². The van der Waals surface area contributed by atoms with E-state index >= 15 is 0 Å². The summed E-state index contributed by atoms with van der Waals surface area (Å²) in [7, 11) is 1.65. The van der Waals surface area contributed by atoms with Crippen LogP contribution in [0.1, 0.15) is 5.56 Å². The summed E-state index contributed by atoms with van der Waals surface area (Å²) in [5.41, 5.74) is 4.04. The summed E-state index contributed by atoms with van der Waals surface area (Å²) in [5.74, 6) is 0.903. The Morgan fingerprint density at radius 3 is 2.80 bits per heavy atom. The van der Waals surface area contributed by atoms with Crippen molar-refractivity contribution in [1.29, 1.82) is 0 Å². The number of nitrogens with zero attached hydrogens (tertiary/aromatic N) is 1. The molecule has 7 heteroatoms. The Morgan fingerprint density at radius 1 is 1.24 bits per heavy atom. The van der Waals surface area contributed by atoms with Crippen molar-refractivity contribution in [2.24, 2.45) is 0 Å². The van der Waals surface area contributed by atoms with Crippen molar-refractivity contribution < 1.29 is 14.6 Å². The Bertz CT molecular complexity index is 829. The van der Waals surface area contributed by atoms with Gasteiger partial charge >= 0.3 is 0 Å². The van der Waals surface area contributed by atoms with E-state index in [1.54, 1.807) is 7.11 Å². The van der Waals surface area contributed by atoms with Crippen LogP contribution in [-0.4, -0.2) is 29.6 Å². The van der Waals surface area contributed by atoms with Crippen molar-refractivity contribution in [3.63, 3.8) is 0 Å². The second-order valence-electron chi connectivity index (χ2n) is 5.74. The molecule has 2 unspecified atom stereocenters. The van der Waals surface area contributed by atoms with E-state index in [4.69, 9.17) is 21.1 Å². The van der Waals surface area contributed by atoms with Crippen LogP contribution in [-0.2, 0) is 11.3 Å². The highest BCUT2D eigenvalue weighted by Crippen LogP contribution is 2.46. The fourth-order valence-corrected chi connectivity index (χ4v) is 4.05. The summed E-state index contributed by atoms with van der Waals surface area (Å²) in [6.45, 7) is 0.555. The third-order valence-corrected chi connectivity index (χ3v) is 5.77. The number of aliphatic hydroxyl groups excluding tert-OH is 1. The van der Waals surface area contributed by atoms with Crippen LogP contribution in [0.25, 0.3) is 0 Å². The fourth-order valence-electron chi connectivity index (χ4n) is 2.82. The highest BCUT2D eigenvalue weighted by molar-refractivity contribution is 8.03. The first-order valence-corrected chi connectivity index (χ1v) is 9.03. The lowest BCUT2D eigenvalue weighted by molar-refractivity contribution is 0.0928. The third-order valence-electron chi connectivity index (χ3n) is 4.11. The summed E-state index contributed by atoms with van der Waals surface area (Å²) in [6.07, 6.45) is -0.275. The molecule has 2 aromatic rings. The van der Waals surface area contributed by atoms with Crippen molar-refractivity contribution in [2.75, 3.05) is 7.11 Å². The molecule has 0 amide bonds. The number of epoxide rings is 1. The zero-order chi connectivity index (χ0) is 17.4. The number of methoxy groups -OCH3 is 1. The molecule has 2 N–H and O–H groups in total. The maximum Gasteiger partial charge on any atom is 0.212 e. The molecule has 2 aliphatic heterocycles. The Kier molecular flexibility index (Phi) is 4.52. The molecular formula is C18H17ClN2O3S. The predicted molar refractivity (Wildman–Crippen MR) is 97.3 cm³/mol. The van der Waals surface area contributed by atoms with Gasteiger partial charge in [0.2, 0.25) is 5.88 Å². The molecule has 0 spiro atoms. The van der Waals surface area contributed by atoms with Crippen molar-refractivity contribution >= 4 is 23.4 Å². The van der Waals surface area contributed by atoms with E-state index in [1.165, 1.54) is 11.8 Å². The van der Waals surface area contributed by atoms with Crippen LogP contribution in [0.15, 0.2) is 64.2 Å². The second-order valence-corrected chi connectivity index (χ2v) is 7.24. The van der Waals surface area contributed by atoms with Gasteiger partial charge in [-0.3, -0.25) is 5.43 Å². The number of rotatable bonds is 5. The van der Waals surface area contributed by atoms with Crippen LogP contribution in [0.3, 0.4) is 0 Å². The van der Waals surface area contributed by atoms with Crippen LogP contribution in [0.4, 0.5) is 0 Å². The van der Waals surface area contributed by atoms with Gasteiger partial charge in [-0.25, -0.2) is 0 Å². The largest absolute Gasteiger partial charge is 0.496 e. The van der Waals surface area contributed by atoms with Crippen LogP contribution < -0.4 is 10.2 Å². The first-order valence-electron chi connectivity index (χ1n) is 7.83. The number of ether oxygens (including phenoxy) is 2. The van der Waals surface area contributed by atoms with Gasteiger partial charge in [0.15, 0.2) is 6.23 Å². The van der Waals surface area contributed by atoms with Gasteiger partial charge in [0.05, 0.1) is 17.0 Å². The number of nitrogens with one attached hydrogen (secondary N) is 1. The number of thioether (sulfide) groups is 1. The van der Waals surface area contributed by atoms with Crippen LogP contribution in [0, 0.1) is 0 Å².